The highest BCUT2D eigenvalue weighted by Crippen LogP contribution is 2.05. The van der Waals surface area contributed by atoms with Crippen LogP contribution in [0.1, 0.15) is 26.2 Å². The largest absolute Gasteiger partial charge is 0.506 e. The van der Waals surface area contributed by atoms with Gasteiger partial charge >= 0.3 is 6.16 Å². The summed E-state index contributed by atoms with van der Waals surface area (Å²) >= 11 is 0. The third kappa shape index (κ3) is 5.45. The van der Waals surface area contributed by atoms with Crippen LogP contribution in [0.15, 0.2) is 12.7 Å². The lowest BCUT2D eigenvalue weighted by Crippen LogP contribution is -2.13. The maximum absolute atomic E-state index is 10.1. The average molecular weight is 158 g/mol. The summed E-state index contributed by atoms with van der Waals surface area (Å²) in [6.45, 7) is 5.52. The molecule has 0 rings (SSSR count). The van der Waals surface area contributed by atoms with Gasteiger partial charge < -0.3 is 9.84 Å². The lowest BCUT2D eigenvalue weighted by atomic mass is 10.1. The van der Waals surface area contributed by atoms with Gasteiger partial charge in [-0.25, -0.2) is 4.79 Å². The Labute approximate surface area is 66.7 Å². The number of hydrogen-bond acceptors (Lipinski definition) is 2. The molecule has 0 spiro atoms. The fourth-order valence-corrected chi connectivity index (χ4v) is 0.760. The molecule has 0 aromatic rings. The van der Waals surface area contributed by atoms with Crippen LogP contribution in [0.25, 0.3) is 0 Å². The highest BCUT2D eigenvalue weighted by Gasteiger charge is 2.07. The summed E-state index contributed by atoms with van der Waals surface area (Å²) in [5.74, 6) is 0. The fraction of sp³-hybridized carbons (Fsp3) is 0.625. The van der Waals surface area contributed by atoms with Crippen molar-refractivity contribution in [2.24, 2.45) is 0 Å². The molecule has 0 saturated carbocycles. The minimum Gasteiger partial charge on any atom is -0.450 e. The molecule has 1 unspecified atom stereocenters. The molecule has 11 heavy (non-hydrogen) atoms. The van der Waals surface area contributed by atoms with Gasteiger partial charge in [0.2, 0.25) is 0 Å². The van der Waals surface area contributed by atoms with Crippen molar-refractivity contribution in [1.29, 1.82) is 0 Å². The molecule has 64 valence electrons. The first-order valence-electron chi connectivity index (χ1n) is 3.72. The number of carboxylic acid groups (broad SMARTS) is 1. The minimum atomic E-state index is -1.23. The first-order valence-corrected chi connectivity index (χ1v) is 3.72. The van der Waals surface area contributed by atoms with Gasteiger partial charge in [-0.3, -0.25) is 0 Å². The minimum absolute atomic E-state index is 0.340. The van der Waals surface area contributed by atoms with E-state index in [0.29, 0.717) is 0 Å². The number of carbonyl (C=O) groups is 1. The molecule has 0 bridgehead atoms. The van der Waals surface area contributed by atoms with Gasteiger partial charge in [-0.15, -0.1) is 0 Å². The van der Waals surface area contributed by atoms with Gasteiger partial charge in [0.25, 0.3) is 0 Å². The van der Waals surface area contributed by atoms with E-state index < -0.39 is 6.16 Å². The molecule has 0 aliphatic heterocycles. The zero-order valence-corrected chi connectivity index (χ0v) is 6.75. The van der Waals surface area contributed by atoms with Crippen molar-refractivity contribution in [3.63, 3.8) is 0 Å². The normalized spacial score (nSPS) is 12.1. The van der Waals surface area contributed by atoms with Gasteiger partial charge in [-0.05, 0) is 12.8 Å². The Morgan fingerprint density at radius 3 is 2.82 bits per heavy atom. The second kappa shape index (κ2) is 5.77. The van der Waals surface area contributed by atoms with Gasteiger partial charge in [-0.2, -0.15) is 0 Å². The summed E-state index contributed by atoms with van der Waals surface area (Å²) in [5.41, 5.74) is 0. The molecule has 3 heteroatoms. The summed E-state index contributed by atoms with van der Waals surface area (Å²) in [7, 11) is 0. The first kappa shape index (κ1) is 10.0. The van der Waals surface area contributed by atoms with Crippen LogP contribution in [0, 0.1) is 0 Å². The van der Waals surface area contributed by atoms with E-state index in [4.69, 9.17) is 5.11 Å². The Bertz CT molecular complexity index is 131. The Morgan fingerprint density at radius 2 is 2.45 bits per heavy atom. The third-order valence-corrected chi connectivity index (χ3v) is 1.36. The van der Waals surface area contributed by atoms with Crippen LogP contribution >= 0.6 is 0 Å². The van der Waals surface area contributed by atoms with E-state index in [1.807, 2.05) is 6.92 Å². The molecule has 0 amide bonds. The van der Waals surface area contributed by atoms with Crippen molar-refractivity contribution < 1.29 is 14.6 Å². The van der Waals surface area contributed by atoms with E-state index in [-0.39, 0.29) is 6.10 Å². The van der Waals surface area contributed by atoms with Gasteiger partial charge in [0.15, 0.2) is 0 Å². The Morgan fingerprint density at radius 1 is 1.82 bits per heavy atom. The maximum atomic E-state index is 10.1. The fourth-order valence-electron chi connectivity index (χ4n) is 0.760. The lowest BCUT2D eigenvalue weighted by molar-refractivity contribution is 0.0656. The molecule has 0 aromatic heterocycles. The van der Waals surface area contributed by atoms with Crippen LogP contribution in [-0.2, 0) is 4.74 Å². The third-order valence-electron chi connectivity index (χ3n) is 1.36. The van der Waals surface area contributed by atoms with Crippen LogP contribution in [0.5, 0.6) is 0 Å². The predicted octanol–water partition coefficient (Wildman–Crippen LogP) is 2.43. The highest BCUT2D eigenvalue weighted by molar-refractivity contribution is 5.57. The number of hydrogen-bond donors (Lipinski definition) is 1. The molecule has 0 aliphatic carbocycles. The van der Waals surface area contributed by atoms with E-state index in [9.17, 15) is 4.79 Å². The summed E-state index contributed by atoms with van der Waals surface area (Å²) in [5, 5.41) is 8.24. The van der Waals surface area contributed by atoms with Crippen molar-refractivity contribution in [2.45, 2.75) is 32.3 Å². The maximum Gasteiger partial charge on any atom is 0.506 e. The summed E-state index contributed by atoms with van der Waals surface area (Å²) in [6.07, 6.45) is 2.67. The predicted molar refractivity (Wildman–Crippen MR) is 42.6 cm³/mol. The number of rotatable bonds is 5. The van der Waals surface area contributed by atoms with Crippen molar-refractivity contribution in [2.75, 3.05) is 0 Å². The zero-order valence-electron chi connectivity index (χ0n) is 6.75. The second-order valence-electron chi connectivity index (χ2n) is 2.30. The monoisotopic (exact) mass is 158 g/mol. The van der Waals surface area contributed by atoms with Crippen molar-refractivity contribution in [3.05, 3.63) is 12.7 Å². The number of unbranched alkanes of at least 4 members (excludes halogenated alkanes) is 1. The van der Waals surface area contributed by atoms with E-state index in [1.54, 1.807) is 0 Å². The summed E-state index contributed by atoms with van der Waals surface area (Å²) < 4.78 is 4.50. The Hall–Kier alpha value is -0.990. The van der Waals surface area contributed by atoms with Crippen molar-refractivity contribution in [3.8, 4) is 0 Å². The van der Waals surface area contributed by atoms with Gasteiger partial charge in [0, 0.05) is 0 Å². The van der Waals surface area contributed by atoms with E-state index in [1.165, 1.54) is 6.08 Å². The quantitative estimate of drug-likeness (QED) is 0.493. The van der Waals surface area contributed by atoms with Gasteiger partial charge in [-0.1, -0.05) is 26.0 Å². The van der Waals surface area contributed by atoms with Crippen LogP contribution in [0.2, 0.25) is 0 Å². The van der Waals surface area contributed by atoms with Gasteiger partial charge in [0.1, 0.15) is 6.10 Å². The van der Waals surface area contributed by atoms with Crippen LogP contribution in [-0.4, -0.2) is 17.4 Å². The van der Waals surface area contributed by atoms with E-state index >= 15 is 0 Å². The van der Waals surface area contributed by atoms with Crippen molar-refractivity contribution >= 4 is 6.16 Å². The zero-order chi connectivity index (χ0) is 8.69. The number of ether oxygens (including phenoxy) is 1. The molecular formula is C8H14O3. The SMILES string of the molecule is C=CC(CCCC)OC(=O)O. The topological polar surface area (TPSA) is 46.5 Å². The molecule has 3 nitrogen and oxygen atoms in total. The molecule has 1 N–H and O–H groups in total. The van der Waals surface area contributed by atoms with E-state index in [2.05, 4.69) is 11.3 Å². The molecule has 0 radical (unpaired) electrons. The second-order valence-corrected chi connectivity index (χ2v) is 2.30. The highest BCUT2D eigenvalue weighted by atomic mass is 16.7. The molecule has 1 atom stereocenters. The Kier molecular flexibility index (Phi) is 5.25. The van der Waals surface area contributed by atoms with Crippen molar-refractivity contribution in [1.82, 2.24) is 0 Å². The average Bonchev–Trinajstić information content (AvgIpc) is 1.97. The van der Waals surface area contributed by atoms with Gasteiger partial charge in [0.05, 0.1) is 0 Å². The van der Waals surface area contributed by atoms with E-state index in [0.717, 1.165) is 19.3 Å². The van der Waals surface area contributed by atoms with Crippen LogP contribution in [0.3, 0.4) is 0 Å². The summed E-state index contributed by atoms with van der Waals surface area (Å²) in [4.78, 5) is 10.1. The first-order chi connectivity index (χ1) is 5.20. The molecular weight excluding hydrogens is 144 g/mol. The van der Waals surface area contributed by atoms with Crippen LogP contribution < -0.4 is 0 Å². The standard InChI is InChI=1S/C8H14O3/c1-3-5-6-7(4-2)11-8(9)10/h4,7H,2-3,5-6H2,1H3,(H,9,10). The summed E-state index contributed by atoms with van der Waals surface area (Å²) in [6, 6.07) is 0. The Balaban J connectivity index is 3.57. The smallest absolute Gasteiger partial charge is 0.450 e. The van der Waals surface area contributed by atoms with Crippen LogP contribution in [0.4, 0.5) is 4.79 Å². The molecule has 0 aliphatic rings. The lowest BCUT2D eigenvalue weighted by Gasteiger charge is -2.09. The molecule has 0 aromatic carbocycles. The molecule has 0 heterocycles. The molecule has 0 fully saturated rings. The molecule has 0 saturated heterocycles.